The molecule has 2 saturated carbocycles. The zero-order valence-corrected chi connectivity index (χ0v) is 24.1. The van der Waals surface area contributed by atoms with Crippen LogP contribution in [0.2, 0.25) is 0 Å². The average Bonchev–Trinajstić information content (AvgIpc) is 3.03. The molecule has 0 heterocycles. The van der Waals surface area contributed by atoms with Crippen molar-refractivity contribution in [2.24, 2.45) is 39.4 Å². The molecule has 4 rings (SSSR count). The highest BCUT2D eigenvalue weighted by Gasteiger charge is 2.67. The number of carboxylic acids is 1. The summed E-state index contributed by atoms with van der Waals surface area (Å²) in [5, 5.41) is 9.22. The summed E-state index contributed by atoms with van der Waals surface area (Å²) in [5.41, 5.74) is 2.31. The molecular weight excluding hydrogens is 464 g/mol. The summed E-state index contributed by atoms with van der Waals surface area (Å²) in [5.74, 6) is 0.251. The third kappa shape index (κ3) is 4.06. The van der Waals surface area contributed by atoms with Crippen LogP contribution in [0.15, 0.2) is 34.9 Å². The Balaban J connectivity index is 1.73. The van der Waals surface area contributed by atoms with Crippen molar-refractivity contribution < 1.29 is 24.2 Å². The molecule has 0 aromatic carbocycles. The summed E-state index contributed by atoms with van der Waals surface area (Å²) in [7, 11) is 0. The van der Waals surface area contributed by atoms with E-state index in [0.29, 0.717) is 29.6 Å². The molecule has 4 aliphatic rings. The summed E-state index contributed by atoms with van der Waals surface area (Å²) >= 11 is 0. The van der Waals surface area contributed by atoms with Gasteiger partial charge in [0, 0.05) is 29.7 Å². The Labute approximate surface area is 222 Å². The third-order valence-corrected chi connectivity index (χ3v) is 11.5. The minimum absolute atomic E-state index is 0.0601. The molecule has 0 aromatic heterocycles. The van der Waals surface area contributed by atoms with Crippen molar-refractivity contribution in [3.63, 3.8) is 0 Å². The van der Waals surface area contributed by atoms with Gasteiger partial charge in [-0.3, -0.25) is 9.59 Å². The van der Waals surface area contributed by atoms with E-state index in [1.165, 1.54) is 18.1 Å². The number of hydrogen-bond acceptors (Lipinski definition) is 4. The second kappa shape index (κ2) is 9.24. The van der Waals surface area contributed by atoms with Crippen molar-refractivity contribution in [3.8, 4) is 0 Å². The van der Waals surface area contributed by atoms with Crippen molar-refractivity contribution in [1.82, 2.24) is 0 Å². The van der Waals surface area contributed by atoms with Gasteiger partial charge >= 0.3 is 11.9 Å². The Bertz CT molecular complexity index is 1090. The molecular formula is C32H46O5. The van der Waals surface area contributed by atoms with E-state index >= 15 is 0 Å². The molecule has 1 unspecified atom stereocenters. The van der Waals surface area contributed by atoms with Crippen molar-refractivity contribution in [1.29, 1.82) is 0 Å². The fourth-order valence-corrected chi connectivity index (χ4v) is 8.94. The predicted octanol–water partition coefficient (Wildman–Crippen LogP) is 7.07. The minimum Gasteiger partial charge on any atom is -0.478 e. The van der Waals surface area contributed by atoms with Crippen molar-refractivity contribution >= 4 is 17.7 Å². The van der Waals surface area contributed by atoms with E-state index in [1.54, 1.807) is 6.92 Å². The number of aliphatic carboxylic acids is 1. The molecule has 0 amide bonds. The van der Waals surface area contributed by atoms with Gasteiger partial charge in [-0.1, -0.05) is 59.8 Å². The molecule has 1 N–H and O–H groups in total. The maximum atomic E-state index is 12.9. The zero-order valence-electron chi connectivity index (χ0n) is 24.1. The molecule has 4 aliphatic carbocycles. The fourth-order valence-electron chi connectivity index (χ4n) is 8.94. The zero-order chi connectivity index (χ0) is 27.6. The highest BCUT2D eigenvalue weighted by atomic mass is 16.5. The summed E-state index contributed by atoms with van der Waals surface area (Å²) in [4.78, 5) is 36.4. The molecule has 7 atom stereocenters. The molecule has 0 aromatic rings. The van der Waals surface area contributed by atoms with Crippen LogP contribution in [0.5, 0.6) is 0 Å². The van der Waals surface area contributed by atoms with Crippen molar-refractivity contribution in [2.75, 3.05) is 0 Å². The van der Waals surface area contributed by atoms with Gasteiger partial charge in [-0.15, -0.1) is 0 Å². The van der Waals surface area contributed by atoms with E-state index in [2.05, 4.69) is 53.7 Å². The number of Topliss-reactive ketones (excluding diaryl/α,β-unsaturated/α-hetero) is 1. The van der Waals surface area contributed by atoms with Gasteiger partial charge in [0.25, 0.3) is 0 Å². The quantitative estimate of drug-likeness (QED) is 0.305. The van der Waals surface area contributed by atoms with Crippen LogP contribution in [0.1, 0.15) is 100 Å². The predicted molar refractivity (Wildman–Crippen MR) is 145 cm³/mol. The lowest BCUT2D eigenvalue weighted by Crippen LogP contribution is -2.55. The number of ketones is 1. The van der Waals surface area contributed by atoms with E-state index in [0.717, 1.165) is 38.5 Å². The Morgan fingerprint density at radius 3 is 2.43 bits per heavy atom. The van der Waals surface area contributed by atoms with Gasteiger partial charge in [-0.05, 0) is 85.2 Å². The lowest BCUT2D eigenvalue weighted by atomic mass is 9.44. The number of esters is 1. The van der Waals surface area contributed by atoms with Crippen molar-refractivity contribution in [2.45, 2.75) is 106 Å². The van der Waals surface area contributed by atoms with E-state index in [1.807, 2.05) is 6.08 Å². The summed E-state index contributed by atoms with van der Waals surface area (Å²) in [6, 6.07) is 0. The molecule has 0 aliphatic heterocycles. The number of carboxylic acid groups (broad SMARTS) is 1. The van der Waals surface area contributed by atoms with Crippen LogP contribution in [0.25, 0.3) is 0 Å². The van der Waals surface area contributed by atoms with Gasteiger partial charge in [0.1, 0.15) is 11.9 Å². The molecule has 2 fully saturated rings. The number of allylic oxidation sites excluding steroid dienone is 4. The molecule has 5 nitrogen and oxygen atoms in total. The van der Waals surface area contributed by atoms with Gasteiger partial charge in [-0.2, -0.15) is 0 Å². The molecule has 0 bridgehead atoms. The van der Waals surface area contributed by atoms with Crippen LogP contribution in [-0.2, 0) is 19.1 Å². The van der Waals surface area contributed by atoms with Crippen LogP contribution in [0.4, 0.5) is 0 Å². The molecule has 37 heavy (non-hydrogen) atoms. The normalized spacial score (nSPS) is 39.5. The lowest BCUT2D eigenvalue weighted by molar-refractivity contribution is -0.152. The SMILES string of the molecule is CC(=O)O[C@H]1CC([C@H](C)CCC=C(C)C(=O)O)[C@@]2(C)CC=C3C(=CC[C@H]4C(C)(C)C(=O)CC[C@]34C)[C@]12C. The summed E-state index contributed by atoms with van der Waals surface area (Å²) in [6.45, 7) is 16.8. The van der Waals surface area contributed by atoms with Gasteiger partial charge in [-0.25, -0.2) is 4.79 Å². The first kappa shape index (κ1) is 27.9. The van der Waals surface area contributed by atoms with Crippen LogP contribution in [0.3, 0.4) is 0 Å². The highest BCUT2D eigenvalue weighted by molar-refractivity contribution is 5.86. The van der Waals surface area contributed by atoms with Gasteiger partial charge in [0.15, 0.2) is 0 Å². The molecule has 5 heteroatoms. The molecule has 0 spiro atoms. The second-order valence-corrected chi connectivity index (χ2v) is 13.6. The third-order valence-electron chi connectivity index (χ3n) is 11.5. The fraction of sp³-hybridized carbons (Fsp3) is 0.719. The standard InChI is InChI=1S/C32H46O5/c1-19(10-9-11-20(2)28(35)36)24-18-27(37-21(3)33)32(8)23-12-13-25-29(4,5)26(34)15-16-30(25,6)22(23)14-17-31(24,32)7/h11-12,14,19,24-25,27H,9-10,13,15-18H2,1-8H3,(H,35,36)/t19-,24?,25+,27+,30-,31-,32-/m1/s1. The average molecular weight is 511 g/mol. The van der Waals surface area contributed by atoms with E-state index in [4.69, 9.17) is 4.74 Å². The minimum atomic E-state index is -0.864. The van der Waals surface area contributed by atoms with Gasteiger partial charge < -0.3 is 9.84 Å². The second-order valence-electron chi connectivity index (χ2n) is 13.6. The van der Waals surface area contributed by atoms with Crippen molar-refractivity contribution in [3.05, 3.63) is 34.9 Å². The Morgan fingerprint density at radius 2 is 1.81 bits per heavy atom. The number of rotatable bonds is 6. The maximum Gasteiger partial charge on any atom is 0.330 e. The number of ether oxygens (including phenoxy) is 1. The van der Waals surface area contributed by atoms with Gasteiger partial charge in [0.05, 0.1) is 0 Å². The number of fused-ring (bicyclic) bond motifs is 5. The molecule has 0 saturated heterocycles. The van der Waals surface area contributed by atoms with E-state index in [-0.39, 0.29) is 39.7 Å². The van der Waals surface area contributed by atoms with Crippen LogP contribution in [0, 0.1) is 39.4 Å². The number of carbonyl (C=O) groups is 3. The number of hydrogen-bond donors (Lipinski definition) is 1. The van der Waals surface area contributed by atoms with Crippen LogP contribution in [-0.4, -0.2) is 28.9 Å². The van der Waals surface area contributed by atoms with Crippen LogP contribution >= 0.6 is 0 Å². The Kier molecular flexibility index (Phi) is 6.95. The molecule has 0 radical (unpaired) electrons. The summed E-state index contributed by atoms with van der Waals surface area (Å²) < 4.78 is 6.13. The topological polar surface area (TPSA) is 80.7 Å². The lowest BCUT2D eigenvalue weighted by Gasteiger charge is -2.60. The maximum absolute atomic E-state index is 12.9. The number of carbonyl (C=O) groups excluding carboxylic acids is 2. The highest BCUT2D eigenvalue weighted by Crippen LogP contribution is 2.72. The first-order chi connectivity index (χ1) is 17.1. The largest absolute Gasteiger partial charge is 0.478 e. The van der Waals surface area contributed by atoms with E-state index in [9.17, 15) is 19.5 Å². The first-order valence-corrected chi connectivity index (χ1v) is 14.1. The summed E-state index contributed by atoms with van der Waals surface area (Å²) in [6.07, 6.45) is 12.2. The smallest absolute Gasteiger partial charge is 0.330 e. The monoisotopic (exact) mass is 510 g/mol. The van der Waals surface area contributed by atoms with E-state index < -0.39 is 5.97 Å². The van der Waals surface area contributed by atoms with Crippen LogP contribution < -0.4 is 0 Å². The Hall–Kier alpha value is -2.17. The molecule has 204 valence electrons. The van der Waals surface area contributed by atoms with Gasteiger partial charge in [0.2, 0.25) is 0 Å². The Morgan fingerprint density at radius 1 is 1.14 bits per heavy atom. The first-order valence-electron chi connectivity index (χ1n) is 14.1.